The van der Waals surface area contributed by atoms with Crippen molar-refractivity contribution in [2.75, 3.05) is 13.7 Å². The molecule has 2 heterocycles. The molecule has 4 heteroatoms. The second-order valence-corrected chi connectivity index (χ2v) is 6.55. The Balaban J connectivity index is 1.78. The van der Waals surface area contributed by atoms with Crippen molar-refractivity contribution in [2.24, 2.45) is 0 Å². The van der Waals surface area contributed by atoms with Gasteiger partial charge in [-0.3, -0.25) is 9.69 Å². The van der Waals surface area contributed by atoms with E-state index in [1.165, 1.54) is 5.56 Å². The molecule has 0 aliphatic carbocycles. The predicted octanol–water partition coefficient (Wildman–Crippen LogP) is 2.72. The summed E-state index contributed by atoms with van der Waals surface area (Å²) in [4.78, 5) is 14.3. The van der Waals surface area contributed by atoms with Gasteiger partial charge in [-0.1, -0.05) is 19.1 Å². The van der Waals surface area contributed by atoms with E-state index in [4.69, 9.17) is 4.74 Å². The van der Waals surface area contributed by atoms with E-state index in [-0.39, 0.29) is 11.4 Å². The molecule has 1 aromatic rings. The maximum absolute atomic E-state index is 11.8. The molecular formula is C18H26N2O2. The summed E-state index contributed by atoms with van der Waals surface area (Å²) in [7, 11) is 1.71. The molecule has 0 radical (unpaired) electrons. The second kappa shape index (κ2) is 6.29. The normalized spacial score (nSPS) is 28.8. The highest BCUT2D eigenvalue weighted by Gasteiger charge is 2.47. The molecule has 2 fully saturated rings. The Morgan fingerprint density at radius 2 is 2.27 bits per heavy atom. The molecule has 4 nitrogen and oxygen atoms in total. The Morgan fingerprint density at radius 1 is 1.41 bits per heavy atom. The molecule has 1 N–H and O–H groups in total. The maximum Gasteiger partial charge on any atom is 0.220 e. The van der Waals surface area contributed by atoms with Gasteiger partial charge in [0.15, 0.2) is 0 Å². The zero-order valence-corrected chi connectivity index (χ0v) is 13.6. The van der Waals surface area contributed by atoms with E-state index in [1.54, 1.807) is 7.11 Å². The Morgan fingerprint density at radius 3 is 2.95 bits per heavy atom. The van der Waals surface area contributed by atoms with Crippen molar-refractivity contribution < 1.29 is 9.53 Å². The molecule has 0 saturated carbocycles. The van der Waals surface area contributed by atoms with Gasteiger partial charge in [0.1, 0.15) is 5.75 Å². The van der Waals surface area contributed by atoms with Crippen molar-refractivity contribution in [1.29, 1.82) is 0 Å². The first-order valence-corrected chi connectivity index (χ1v) is 8.35. The van der Waals surface area contributed by atoms with Crippen LogP contribution in [0.3, 0.4) is 0 Å². The molecule has 2 saturated heterocycles. The summed E-state index contributed by atoms with van der Waals surface area (Å²) in [6.45, 7) is 4.27. The zero-order valence-electron chi connectivity index (χ0n) is 13.6. The fourth-order valence-corrected chi connectivity index (χ4v) is 4.29. The molecule has 22 heavy (non-hydrogen) atoms. The summed E-state index contributed by atoms with van der Waals surface area (Å²) >= 11 is 0. The Bertz CT molecular complexity index is 546. The number of hydrogen-bond acceptors (Lipinski definition) is 3. The number of carbonyl (C=O) groups is 1. The number of piperidine rings is 1. The monoisotopic (exact) mass is 302 g/mol. The first-order valence-electron chi connectivity index (χ1n) is 8.35. The topological polar surface area (TPSA) is 41.6 Å². The minimum absolute atomic E-state index is 0.00293. The van der Waals surface area contributed by atoms with Crippen LogP contribution in [0.4, 0.5) is 0 Å². The smallest absolute Gasteiger partial charge is 0.220 e. The number of methoxy groups -OCH3 is 1. The second-order valence-electron chi connectivity index (χ2n) is 6.55. The van der Waals surface area contributed by atoms with Crippen LogP contribution in [0.5, 0.6) is 5.75 Å². The van der Waals surface area contributed by atoms with Crippen molar-refractivity contribution in [3.05, 3.63) is 29.8 Å². The fourth-order valence-electron chi connectivity index (χ4n) is 4.29. The summed E-state index contributed by atoms with van der Waals surface area (Å²) in [5, 5.41) is 3.30. The maximum atomic E-state index is 11.8. The number of hydrogen-bond donors (Lipinski definition) is 1. The van der Waals surface area contributed by atoms with E-state index in [2.05, 4.69) is 29.3 Å². The lowest BCUT2D eigenvalue weighted by Crippen LogP contribution is -2.61. The molecule has 2 aliphatic heterocycles. The van der Waals surface area contributed by atoms with Gasteiger partial charge in [-0.25, -0.2) is 0 Å². The lowest BCUT2D eigenvalue weighted by Gasteiger charge is -2.48. The highest BCUT2D eigenvalue weighted by atomic mass is 16.5. The largest absolute Gasteiger partial charge is 0.497 e. The molecule has 1 amide bonds. The summed E-state index contributed by atoms with van der Waals surface area (Å²) in [5.41, 5.74) is 1.28. The molecule has 0 unspecified atom stereocenters. The average molecular weight is 302 g/mol. The van der Waals surface area contributed by atoms with Crippen molar-refractivity contribution >= 4 is 5.91 Å². The predicted molar refractivity (Wildman–Crippen MR) is 86.8 cm³/mol. The van der Waals surface area contributed by atoms with Gasteiger partial charge in [-0.15, -0.1) is 0 Å². The molecule has 3 rings (SSSR count). The molecule has 0 bridgehead atoms. The minimum Gasteiger partial charge on any atom is -0.497 e. The van der Waals surface area contributed by atoms with Gasteiger partial charge < -0.3 is 10.1 Å². The Hall–Kier alpha value is -1.55. The average Bonchev–Trinajstić information content (AvgIpc) is 2.89. The van der Waals surface area contributed by atoms with Gasteiger partial charge in [0.05, 0.1) is 12.6 Å². The van der Waals surface area contributed by atoms with Gasteiger partial charge in [0, 0.05) is 19.0 Å². The van der Waals surface area contributed by atoms with E-state index in [1.807, 2.05) is 12.1 Å². The zero-order chi connectivity index (χ0) is 15.6. The number of amides is 1. The highest BCUT2D eigenvalue weighted by Crippen LogP contribution is 2.37. The molecule has 0 aromatic heterocycles. The van der Waals surface area contributed by atoms with Crippen LogP contribution in [-0.4, -0.2) is 36.0 Å². The Labute approximate surface area is 132 Å². The van der Waals surface area contributed by atoms with Crippen LogP contribution in [0.25, 0.3) is 0 Å². The third-order valence-corrected chi connectivity index (χ3v) is 5.24. The standard InChI is InChI=1S/C18H26N2O2/c1-3-16-18(10-8-17(21)19-18)9-5-11-20(16)13-14-6-4-7-15(12-14)22-2/h4,6-7,12,16H,3,5,8-11,13H2,1-2H3,(H,19,21)/t16-,18-/m0/s1. The SMILES string of the molecule is CC[C@@H]1N(Cc2cccc(OC)c2)CCC[C@]12CCC(=O)N2. The third kappa shape index (κ3) is 2.84. The number of nitrogens with zero attached hydrogens (tertiary/aromatic N) is 1. The lowest BCUT2D eigenvalue weighted by molar-refractivity contribution is -0.120. The number of likely N-dealkylation sites (tertiary alicyclic amines) is 1. The van der Waals surface area contributed by atoms with E-state index in [0.29, 0.717) is 12.5 Å². The van der Waals surface area contributed by atoms with Crippen molar-refractivity contribution in [3.63, 3.8) is 0 Å². The van der Waals surface area contributed by atoms with Gasteiger partial charge in [-0.2, -0.15) is 0 Å². The Kier molecular flexibility index (Phi) is 4.39. The van der Waals surface area contributed by atoms with Crippen LogP contribution >= 0.6 is 0 Å². The number of ether oxygens (including phenoxy) is 1. The summed E-state index contributed by atoms with van der Waals surface area (Å²) in [6.07, 6.45) is 5.01. The summed E-state index contributed by atoms with van der Waals surface area (Å²) in [5.74, 6) is 1.13. The number of carbonyl (C=O) groups excluding carboxylic acids is 1. The highest BCUT2D eigenvalue weighted by molar-refractivity contribution is 5.79. The van der Waals surface area contributed by atoms with Crippen molar-refractivity contribution in [1.82, 2.24) is 10.2 Å². The molecule has 120 valence electrons. The minimum atomic E-state index is 0.00293. The summed E-state index contributed by atoms with van der Waals surface area (Å²) < 4.78 is 5.33. The lowest BCUT2D eigenvalue weighted by atomic mass is 9.78. The van der Waals surface area contributed by atoms with E-state index < -0.39 is 0 Å². The summed E-state index contributed by atoms with van der Waals surface area (Å²) in [6, 6.07) is 8.73. The quantitative estimate of drug-likeness (QED) is 0.930. The first-order chi connectivity index (χ1) is 10.7. The van der Waals surface area contributed by atoms with Crippen molar-refractivity contribution in [3.8, 4) is 5.75 Å². The molecule has 2 aliphatic rings. The van der Waals surface area contributed by atoms with Gasteiger partial charge in [0.2, 0.25) is 5.91 Å². The van der Waals surface area contributed by atoms with E-state index in [9.17, 15) is 4.79 Å². The van der Waals surface area contributed by atoms with Crippen LogP contribution in [-0.2, 0) is 11.3 Å². The van der Waals surface area contributed by atoms with E-state index in [0.717, 1.165) is 44.5 Å². The van der Waals surface area contributed by atoms with Gasteiger partial charge in [-0.05, 0) is 49.9 Å². The van der Waals surface area contributed by atoms with Crippen LogP contribution < -0.4 is 10.1 Å². The van der Waals surface area contributed by atoms with E-state index >= 15 is 0 Å². The third-order valence-electron chi connectivity index (χ3n) is 5.24. The number of benzene rings is 1. The fraction of sp³-hybridized carbons (Fsp3) is 0.611. The van der Waals surface area contributed by atoms with Crippen LogP contribution in [0.1, 0.15) is 44.6 Å². The molecule has 1 spiro atoms. The van der Waals surface area contributed by atoms with Crippen LogP contribution in [0.15, 0.2) is 24.3 Å². The number of rotatable bonds is 4. The molecule has 2 atom stereocenters. The molecular weight excluding hydrogens is 276 g/mol. The number of nitrogens with one attached hydrogen (secondary N) is 1. The first kappa shape index (κ1) is 15.3. The van der Waals surface area contributed by atoms with Crippen LogP contribution in [0, 0.1) is 0 Å². The van der Waals surface area contributed by atoms with Crippen LogP contribution in [0.2, 0.25) is 0 Å². The van der Waals surface area contributed by atoms with Gasteiger partial charge in [0.25, 0.3) is 0 Å². The molecule has 1 aromatic carbocycles. The van der Waals surface area contributed by atoms with Crippen molar-refractivity contribution in [2.45, 2.75) is 57.2 Å². The van der Waals surface area contributed by atoms with Gasteiger partial charge >= 0.3 is 0 Å².